The Morgan fingerprint density at radius 1 is 1.24 bits per heavy atom. The molecule has 1 N–H and O–H groups in total. The Bertz CT molecular complexity index is 430. The zero-order valence-corrected chi connectivity index (χ0v) is 14.0. The van der Waals surface area contributed by atoms with Crippen LogP contribution in [0.2, 0.25) is 0 Å². The predicted octanol–water partition coefficient (Wildman–Crippen LogP) is 3.77. The van der Waals surface area contributed by atoms with Gasteiger partial charge >= 0.3 is 0 Å². The molecule has 1 aromatic rings. The Labute approximate surface area is 130 Å². The van der Waals surface area contributed by atoms with Gasteiger partial charge in [-0.3, -0.25) is 0 Å². The van der Waals surface area contributed by atoms with Gasteiger partial charge in [-0.05, 0) is 49.4 Å². The molecular weight excluding hydrogens is 258 g/mol. The highest BCUT2D eigenvalue weighted by atomic mass is 15.2. The second-order valence-corrected chi connectivity index (χ2v) is 6.24. The van der Waals surface area contributed by atoms with E-state index in [4.69, 9.17) is 4.98 Å². The molecule has 0 bridgehead atoms. The lowest BCUT2D eigenvalue weighted by Gasteiger charge is -2.20. The first-order valence-electron chi connectivity index (χ1n) is 8.72. The average molecular weight is 289 g/mol. The fourth-order valence-corrected chi connectivity index (χ4v) is 3.24. The number of anilines is 1. The molecule has 1 aliphatic heterocycles. The minimum Gasteiger partial charge on any atom is -0.356 e. The largest absolute Gasteiger partial charge is 0.356 e. The second kappa shape index (κ2) is 8.38. The van der Waals surface area contributed by atoms with Crippen LogP contribution < -0.4 is 10.2 Å². The van der Waals surface area contributed by atoms with Crippen molar-refractivity contribution in [3.63, 3.8) is 0 Å². The minimum atomic E-state index is 0.865. The Morgan fingerprint density at radius 2 is 2.10 bits per heavy atom. The van der Waals surface area contributed by atoms with E-state index in [-0.39, 0.29) is 0 Å². The quantitative estimate of drug-likeness (QED) is 0.789. The topological polar surface area (TPSA) is 28.2 Å². The van der Waals surface area contributed by atoms with Crippen LogP contribution in [0.25, 0.3) is 0 Å². The van der Waals surface area contributed by atoms with Gasteiger partial charge in [0, 0.05) is 25.3 Å². The maximum atomic E-state index is 4.91. The number of nitrogens with one attached hydrogen (secondary N) is 1. The van der Waals surface area contributed by atoms with E-state index in [9.17, 15) is 0 Å². The van der Waals surface area contributed by atoms with Crippen molar-refractivity contribution in [2.24, 2.45) is 5.92 Å². The normalized spacial score (nSPS) is 18.4. The van der Waals surface area contributed by atoms with Gasteiger partial charge in [-0.25, -0.2) is 4.98 Å². The van der Waals surface area contributed by atoms with Gasteiger partial charge in [-0.1, -0.05) is 33.6 Å². The van der Waals surface area contributed by atoms with Crippen molar-refractivity contribution in [3.05, 3.63) is 23.4 Å². The number of aryl methyl sites for hydroxylation is 1. The third kappa shape index (κ3) is 4.70. The summed E-state index contributed by atoms with van der Waals surface area (Å²) in [5.74, 6) is 2.07. The van der Waals surface area contributed by atoms with Crippen molar-refractivity contribution in [1.82, 2.24) is 10.3 Å². The molecule has 3 heteroatoms. The molecule has 0 radical (unpaired) electrons. The van der Waals surface area contributed by atoms with Crippen LogP contribution in [0.15, 0.2) is 12.1 Å². The lowest BCUT2D eigenvalue weighted by atomic mass is 10.0. The van der Waals surface area contributed by atoms with Crippen LogP contribution in [0.3, 0.4) is 0 Å². The van der Waals surface area contributed by atoms with E-state index in [0.29, 0.717) is 0 Å². The summed E-state index contributed by atoms with van der Waals surface area (Å²) in [6.07, 6.45) is 6.23. The average Bonchev–Trinajstić information content (AvgIpc) is 2.94. The van der Waals surface area contributed by atoms with Crippen molar-refractivity contribution in [1.29, 1.82) is 0 Å². The SMILES string of the molecule is CCCc1cc(CNCC)cc(N2CCC(CCC)C2)n1. The molecule has 1 atom stereocenters. The van der Waals surface area contributed by atoms with Crippen LogP contribution in [0.4, 0.5) is 5.82 Å². The zero-order chi connectivity index (χ0) is 15.1. The van der Waals surface area contributed by atoms with Crippen molar-refractivity contribution in [2.75, 3.05) is 24.5 Å². The first kappa shape index (κ1) is 16.3. The molecule has 2 heterocycles. The summed E-state index contributed by atoms with van der Waals surface area (Å²) in [4.78, 5) is 7.40. The molecule has 0 aromatic carbocycles. The Kier molecular flexibility index (Phi) is 6.50. The fourth-order valence-electron chi connectivity index (χ4n) is 3.24. The molecule has 0 aliphatic carbocycles. The van der Waals surface area contributed by atoms with Crippen molar-refractivity contribution >= 4 is 5.82 Å². The molecule has 2 rings (SSSR count). The molecule has 1 aliphatic rings. The maximum absolute atomic E-state index is 4.91. The van der Waals surface area contributed by atoms with E-state index in [0.717, 1.165) is 31.8 Å². The Hall–Kier alpha value is -1.09. The molecule has 118 valence electrons. The minimum absolute atomic E-state index is 0.865. The molecule has 1 unspecified atom stereocenters. The molecule has 1 aromatic heterocycles. The van der Waals surface area contributed by atoms with E-state index >= 15 is 0 Å². The first-order chi connectivity index (χ1) is 10.3. The molecule has 1 fully saturated rings. The smallest absolute Gasteiger partial charge is 0.129 e. The molecular formula is C18H31N3. The van der Waals surface area contributed by atoms with Gasteiger partial charge in [0.05, 0.1) is 0 Å². The summed E-state index contributed by atoms with van der Waals surface area (Å²) in [7, 11) is 0. The zero-order valence-electron chi connectivity index (χ0n) is 14.0. The summed E-state index contributed by atoms with van der Waals surface area (Å²) in [5.41, 5.74) is 2.63. The van der Waals surface area contributed by atoms with Gasteiger partial charge in [0.1, 0.15) is 5.82 Å². The van der Waals surface area contributed by atoms with Crippen LogP contribution in [0.1, 0.15) is 57.7 Å². The highest BCUT2D eigenvalue weighted by Gasteiger charge is 2.23. The van der Waals surface area contributed by atoms with Gasteiger partial charge in [0.2, 0.25) is 0 Å². The van der Waals surface area contributed by atoms with Gasteiger partial charge in [0.25, 0.3) is 0 Å². The maximum Gasteiger partial charge on any atom is 0.129 e. The van der Waals surface area contributed by atoms with Crippen molar-refractivity contribution in [3.8, 4) is 0 Å². The summed E-state index contributed by atoms with van der Waals surface area (Å²) in [5, 5.41) is 3.43. The molecule has 1 saturated heterocycles. The van der Waals surface area contributed by atoms with Crippen LogP contribution in [-0.4, -0.2) is 24.6 Å². The third-order valence-electron chi connectivity index (χ3n) is 4.32. The second-order valence-electron chi connectivity index (χ2n) is 6.24. The number of aromatic nitrogens is 1. The number of hydrogen-bond acceptors (Lipinski definition) is 3. The van der Waals surface area contributed by atoms with Crippen LogP contribution in [-0.2, 0) is 13.0 Å². The lowest BCUT2D eigenvalue weighted by molar-refractivity contribution is 0.529. The van der Waals surface area contributed by atoms with E-state index in [1.54, 1.807) is 0 Å². The van der Waals surface area contributed by atoms with Gasteiger partial charge in [-0.2, -0.15) is 0 Å². The third-order valence-corrected chi connectivity index (χ3v) is 4.32. The van der Waals surface area contributed by atoms with Gasteiger partial charge in [0.15, 0.2) is 0 Å². The van der Waals surface area contributed by atoms with E-state index in [1.165, 1.54) is 49.4 Å². The number of pyridine rings is 1. The molecule has 0 spiro atoms. The fraction of sp³-hybridized carbons (Fsp3) is 0.722. The molecule has 0 amide bonds. The standard InChI is InChI=1S/C18H31N3/c1-4-7-15-9-10-21(14-15)18-12-16(13-19-6-3)11-17(20-18)8-5-2/h11-12,15,19H,4-10,13-14H2,1-3H3. The molecule has 3 nitrogen and oxygen atoms in total. The summed E-state index contributed by atoms with van der Waals surface area (Å²) < 4.78 is 0. The first-order valence-corrected chi connectivity index (χ1v) is 8.72. The van der Waals surface area contributed by atoms with Gasteiger partial charge in [-0.15, -0.1) is 0 Å². The highest BCUT2D eigenvalue weighted by Crippen LogP contribution is 2.26. The molecule has 0 saturated carbocycles. The number of rotatable bonds is 8. The highest BCUT2D eigenvalue weighted by molar-refractivity contribution is 5.44. The van der Waals surface area contributed by atoms with Crippen molar-refractivity contribution in [2.45, 2.75) is 59.4 Å². The number of hydrogen-bond donors (Lipinski definition) is 1. The predicted molar refractivity (Wildman–Crippen MR) is 90.8 cm³/mol. The molecule has 21 heavy (non-hydrogen) atoms. The van der Waals surface area contributed by atoms with E-state index < -0.39 is 0 Å². The van der Waals surface area contributed by atoms with Crippen molar-refractivity contribution < 1.29 is 0 Å². The van der Waals surface area contributed by atoms with Gasteiger partial charge < -0.3 is 10.2 Å². The van der Waals surface area contributed by atoms with Crippen LogP contribution in [0, 0.1) is 5.92 Å². The number of nitrogens with zero attached hydrogens (tertiary/aromatic N) is 2. The monoisotopic (exact) mass is 289 g/mol. The summed E-state index contributed by atoms with van der Waals surface area (Å²) in [6.45, 7) is 11.0. The Morgan fingerprint density at radius 3 is 2.81 bits per heavy atom. The van der Waals surface area contributed by atoms with E-state index in [1.807, 2.05) is 0 Å². The summed E-state index contributed by atoms with van der Waals surface area (Å²) in [6, 6.07) is 4.56. The Balaban J connectivity index is 2.11. The lowest BCUT2D eigenvalue weighted by Crippen LogP contribution is -2.22. The van der Waals surface area contributed by atoms with Crippen LogP contribution >= 0.6 is 0 Å². The summed E-state index contributed by atoms with van der Waals surface area (Å²) >= 11 is 0. The van der Waals surface area contributed by atoms with Crippen LogP contribution in [0.5, 0.6) is 0 Å². The van der Waals surface area contributed by atoms with E-state index in [2.05, 4.69) is 43.1 Å².